The number of hydrogen-bond acceptors (Lipinski definition) is 3. The summed E-state index contributed by atoms with van der Waals surface area (Å²) >= 11 is 7.76. The van der Waals surface area contributed by atoms with Crippen molar-refractivity contribution in [3.63, 3.8) is 0 Å². The van der Waals surface area contributed by atoms with Gasteiger partial charge in [-0.2, -0.15) is 0 Å². The van der Waals surface area contributed by atoms with E-state index in [9.17, 15) is 9.59 Å². The highest BCUT2D eigenvalue weighted by Crippen LogP contribution is 2.56. The van der Waals surface area contributed by atoms with E-state index in [1.54, 1.807) is 15.9 Å². The topological polar surface area (TPSA) is 40.6 Å². The monoisotopic (exact) mass is 448 g/mol. The average Bonchev–Trinajstić information content (AvgIpc) is 3.23. The van der Waals surface area contributed by atoms with Gasteiger partial charge in [0.2, 0.25) is 10.8 Å². The fraction of sp³-hybridized carbons (Fsp3) is 0.200. The summed E-state index contributed by atoms with van der Waals surface area (Å²) in [7, 11) is 0. The Morgan fingerprint density at radius 3 is 2.48 bits per heavy atom. The van der Waals surface area contributed by atoms with Crippen LogP contribution < -0.4 is 9.80 Å². The number of thioether (sulfide) groups is 1. The molecule has 2 heterocycles. The number of amides is 2. The minimum Gasteiger partial charge on any atom is -0.304 e. The molecule has 0 aromatic heterocycles. The Kier molecular flexibility index (Phi) is 4.83. The number of aryl methyl sites for hydroxylation is 2. The number of carbonyl (C=O) groups excluding carboxylic acids is 2. The first-order valence-electron chi connectivity index (χ1n) is 10.1. The maximum Gasteiger partial charge on any atom is 0.269 e. The van der Waals surface area contributed by atoms with E-state index in [0.29, 0.717) is 17.3 Å². The fourth-order valence-electron chi connectivity index (χ4n) is 4.31. The summed E-state index contributed by atoms with van der Waals surface area (Å²) in [5.41, 5.74) is 5.49. The molecule has 156 valence electrons. The smallest absolute Gasteiger partial charge is 0.269 e. The first-order chi connectivity index (χ1) is 14.9. The lowest BCUT2D eigenvalue weighted by atomic mass is 10.0. The summed E-state index contributed by atoms with van der Waals surface area (Å²) in [6.07, 6.45) is 0. The van der Waals surface area contributed by atoms with E-state index >= 15 is 0 Å². The number of anilines is 2. The first kappa shape index (κ1) is 20.2. The number of fused-ring (bicyclic) bond motifs is 2. The standard InChI is InChI=1S/C25H21ClN2O2S/c1-16-7-10-18(11-8-16)14-27-22-6-4-3-5-20(22)25(24(27)30)28(23(29)15-31-25)19-12-9-17(2)21(26)13-19/h3-13H,14-15H2,1-2H3/t25-/m1/s1. The van der Waals surface area contributed by atoms with Gasteiger partial charge in [0.1, 0.15) is 0 Å². The van der Waals surface area contributed by atoms with Gasteiger partial charge in [0, 0.05) is 16.3 Å². The molecule has 0 N–H and O–H groups in total. The normalized spacial score (nSPS) is 20.1. The predicted octanol–water partition coefficient (Wildman–Crippen LogP) is 5.44. The van der Waals surface area contributed by atoms with E-state index in [1.807, 2.05) is 74.5 Å². The molecule has 0 saturated carbocycles. The molecule has 31 heavy (non-hydrogen) atoms. The summed E-state index contributed by atoms with van der Waals surface area (Å²) in [5, 5.41) is 0.576. The van der Waals surface area contributed by atoms with Crippen LogP contribution in [0.5, 0.6) is 0 Å². The lowest BCUT2D eigenvalue weighted by Crippen LogP contribution is -2.49. The molecule has 3 aromatic carbocycles. The molecule has 0 radical (unpaired) electrons. The minimum atomic E-state index is -1.11. The lowest BCUT2D eigenvalue weighted by molar-refractivity contribution is -0.123. The van der Waals surface area contributed by atoms with Crippen LogP contribution in [0.15, 0.2) is 66.7 Å². The van der Waals surface area contributed by atoms with Crippen molar-refractivity contribution in [2.24, 2.45) is 0 Å². The van der Waals surface area contributed by atoms with Gasteiger partial charge in [-0.15, -0.1) is 11.8 Å². The van der Waals surface area contributed by atoms with Gasteiger partial charge in [-0.3, -0.25) is 14.5 Å². The van der Waals surface area contributed by atoms with Crippen LogP contribution >= 0.6 is 23.4 Å². The number of benzene rings is 3. The van der Waals surface area contributed by atoms with Crippen LogP contribution in [0.2, 0.25) is 5.02 Å². The molecule has 3 aromatic rings. The molecule has 0 unspecified atom stereocenters. The number of para-hydroxylation sites is 1. The van der Waals surface area contributed by atoms with Crippen molar-refractivity contribution in [3.05, 3.63) is 94.0 Å². The second kappa shape index (κ2) is 7.43. The van der Waals surface area contributed by atoms with E-state index in [1.165, 1.54) is 17.3 Å². The molecule has 6 heteroatoms. The van der Waals surface area contributed by atoms with Gasteiger partial charge in [0.05, 0.1) is 18.0 Å². The largest absolute Gasteiger partial charge is 0.304 e. The second-order valence-corrected chi connectivity index (χ2v) is 9.56. The molecule has 0 aliphatic carbocycles. The molecule has 5 rings (SSSR count). The third-order valence-corrected chi connectivity index (χ3v) is 7.73. The van der Waals surface area contributed by atoms with Crippen molar-refractivity contribution < 1.29 is 9.59 Å². The van der Waals surface area contributed by atoms with Crippen molar-refractivity contribution in [1.29, 1.82) is 0 Å². The zero-order chi connectivity index (χ0) is 21.8. The van der Waals surface area contributed by atoms with Gasteiger partial charge >= 0.3 is 0 Å². The van der Waals surface area contributed by atoms with Crippen LogP contribution in [0.1, 0.15) is 22.3 Å². The third-order valence-electron chi connectivity index (χ3n) is 5.94. The zero-order valence-corrected chi connectivity index (χ0v) is 18.8. The summed E-state index contributed by atoms with van der Waals surface area (Å²) in [6.45, 7) is 4.41. The number of rotatable bonds is 3. The van der Waals surface area contributed by atoms with Crippen LogP contribution in [0.3, 0.4) is 0 Å². The van der Waals surface area contributed by atoms with Crippen LogP contribution in [-0.2, 0) is 21.0 Å². The van der Waals surface area contributed by atoms with E-state index in [0.717, 1.165) is 22.4 Å². The van der Waals surface area contributed by atoms with Crippen LogP contribution in [0, 0.1) is 13.8 Å². The number of hydrogen-bond donors (Lipinski definition) is 0. The van der Waals surface area contributed by atoms with Crippen molar-refractivity contribution in [1.82, 2.24) is 0 Å². The Morgan fingerprint density at radius 2 is 1.74 bits per heavy atom. The van der Waals surface area contributed by atoms with Gasteiger partial charge in [-0.1, -0.05) is 65.7 Å². The molecule has 4 nitrogen and oxygen atoms in total. The molecular formula is C25H21ClN2O2S. The van der Waals surface area contributed by atoms with E-state index < -0.39 is 4.87 Å². The molecule has 1 saturated heterocycles. The molecule has 1 atom stereocenters. The molecule has 2 amide bonds. The van der Waals surface area contributed by atoms with Crippen LogP contribution in [0.4, 0.5) is 11.4 Å². The third kappa shape index (κ3) is 3.07. The average molecular weight is 449 g/mol. The highest BCUT2D eigenvalue weighted by molar-refractivity contribution is 8.02. The zero-order valence-electron chi connectivity index (χ0n) is 17.3. The summed E-state index contributed by atoms with van der Waals surface area (Å²) in [5.74, 6) is 0.0521. The molecular weight excluding hydrogens is 428 g/mol. The SMILES string of the molecule is Cc1ccc(CN2C(=O)[C@]3(SCC(=O)N3c3ccc(C)c(Cl)c3)c3ccccc32)cc1. The number of carbonyl (C=O) groups is 2. The van der Waals surface area contributed by atoms with E-state index in [4.69, 9.17) is 11.6 Å². The molecule has 2 aliphatic rings. The van der Waals surface area contributed by atoms with Crippen molar-refractivity contribution in [2.75, 3.05) is 15.6 Å². The maximum atomic E-state index is 14.0. The number of halogens is 1. The van der Waals surface area contributed by atoms with Gasteiger partial charge < -0.3 is 4.90 Å². The Labute approximate surface area is 190 Å². The summed E-state index contributed by atoms with van der Waals surface area (Å²) in [6, 6.07) is 21.5. The Balaban J connectivity index is 1.63. The lowest BCUT2D eigenvalue weighted by Gasteiger charge is -2.33. The van der Waals surface area contributed by atoms with Crippen LogP contribution in [-0.4, -0.2) is 17.6 Å². The molecule has 0 bridgehead atoms. The fourth-order valence-corrected chi connectivity index (χ4v) is 5.84. The molecule has 1 fully saturated rings. The molecule has 2 aliphatic heterocycles. The van der Waals surface area contributed by atoms with Crippen molar-refractivity contribution >= 4 is 46.6 Å². The maximum absolute atomic E-state index is 14.0. The summed E-state index contributed by atoms with van der Waals surface area (Å²) in [4.78, 5) is 29.4. The highest BCUT2D eigenvalue weighted by Gasteiger charge is 2.60. The Hall–Kier alpha value is -2.76. The second-order valence-electron chi connectivity index (χ2n) is 7.99. The highest BCUT2D eigenvalue weighted by atomic mass is 35.5. The number of nitrogens with zero attached hydrogens (tertiary/aromatic N) is 2. The first-order valence-corrected chi connectivity index (χ1v) is 11.5. The minimum absolute atomic E-state index is 0.0924. The molecule has 1 spiro atoms. The van der Waals surface area contributed by atoms with E-state index in [-0.39, 0.29) is 17.6 Å². The quantitative estimate of drug-likeness (QED) is 0.536. The predicted molar refractivity (Wildman–Crippen MR) is 127 cm³/mol. The van der Waals surface area contributed by atoms with Gasteiger partial charge in [0.25, 0.3) is 5.91 Å². The van der Waals surface area contributed by atoms with Crippen LogP contribution in [0.25, 0.3) is 0 Å². The van der Waals surface area contributed by atoms with Gasteiger partial charge in [0.15, 0.2) is 0 Å². The Morgan fingerprint density at radius 1 is 1.00 bits per heavy atom. The Bertz CT molecular complexity index is 1210. The van der Waals surface area contributed by atoms with Gasteiger partial charge in [-0.05, 0) is 43.2 Å². The van der Waals surface area contributed by atoms with Gasteiger partial charge in [-0.25, -0.2) is 0 Å². The summed E-state index contributed by atoms with van der Waals surface area (Å²) < 4.78 is 0. The van der Waals surface area contributed by atoms with Crippen molar-refractivity contribution in [2.45, 2.75) is 25.3 Å². The van der Waals surface area contributed by atoms with Crippen molar-refractivity contribution in [3.8, 4) is 0 Å². The van der Waals surface area contributed by atoms with E-state index in [2.05, 4.69) is 0 Å².